The first-order chi connectivity index (χ1) is 12.7. The highest BCUT2D eigenvalue weighted by molar-refractivity contribution is 5.81. The van der Waals surface area contributed by atoms with Gasteiger partial charge in [-0.25, -0.2) is 0 Å². The average molecular weight is 361 g/mol. The van der Waals surface area contributed by atoms with Crippen LogP contribution in [0.1, 0.15) is 57.3 Å². The molecule has 0 saturated carbocycles. The third-order valence-corrected chi connectivity index (χ3v) is 5.53. The van der Waals surface area contributed by atoms with E-state index in [9.17, 15) is 9.59 Å². The fraction of sp³-hybridized carbons (Fsp3) is 0.700. The van der Waals surface area contributed by atoms with Gasteiger partial charge in [0.1, 0.15) is 5.76 Å². The van der Waals surface area contributed by atoms with Gasteiger partial charge in [-0.05, 0) is 57.3 Å². The van der Waals surface area contributed by atoms with Crippen LogP contribution in [0, 0.1) is 5.92 Å². The molecule has 3 rings (SSSR count). The van der Waals surface area contributed by atoms with E-state index in [4.69, 9.17) is 4.42 Å². The molecule has 2 unspecified atom stereocenters. The van der Waals surface area contributed by atoms with Crippen molar-refractivity contribution in [3.8, 4) is 0 Å². The molecular formula is C20H31N3O3. The van der Waals surface area contributed by atoms with E-state index < -0.39 is 0 Å². The Kier molecular flexibility index (Phi) is 6.72. The van der Waals surface area contributed by atoms with Crippen LogP contribution in [-0.2, 0) is 9.59 Å². The zero-order valence-electron chi connectivity index (χ0n) is 15.8. The van der Waals surface area contributed by atoms with Crippen LogP contribution in [-0.4, -0.2) is 54.3 Å². The third-order valence-electron chi connectivity index (χ3n) is 5.53. The second-order valence-electron chi connectivity index (χ2n) is 7.45. The lowest BCUT2D eigenvalue weighted by atomic mass is 9.96. The molecule has 2 fully saturated rings. The molecule has 144 valence electrons. The molecule has 2 aliphatic rings. The number of nitrogens with one attached hydrogen (secondary N) is 1. The van der Waals surface area contributed by atoms with Gasteiger partial charge in [0.2, 0.25) is 11.8 Å². The number of furan rings is 1. The lowest BCUT2D eigenvalue weighted by Crippen LogP contribution is -2.46. The molecule has 6 heteroatoms. The van der Waals surface area contributed by atoms with Gasteiger partial charge in [-0.1, -0.05) is 6.92 Å². The molecule has 1 aromatic heterocycles. The van der Waals surface area contributed by atoms with Crippen LogP contribution in [0.25, 0.3) is 0 Å². The number of amides is 2. The Morgan fingerprint density at radius 1 is 1.27 bits per heavy atom. The molecule has 1 aromatic rings. The summed E-state index contributed by atoms with van der Waals surface area (Å²) in [5.41, 5.74) is 0. The Morgan fingerprint density at radius 3 is 2.77 bits per heavy atom. The monoisotopic (exact) mass is 361 g/mol. The predicted molar refractivity (Wildman–Crippen MR) is 99.5 cm³/mol. The van der Waals surface area contributed by atoms with Crippen molar-refractivity contribution in [2.45, 2.75) is 51.5 Å². The molecule has 2 aliphatic heterocycles. The predicted octanol–water partition coefficient (Wildman–Crippen LogP) is 2.57. The van der Waals surface area contributed by atoms with Crippen LogP contribution in [0.2, 0.25) is 0 Å². The Labute approximate surface area is 155 Å². The number of likely N-dealkylation sites (tertiary alicyclic amines) is 2. The fourth-order valence-electron chi connectivity index (χ4n) is 4.08. The Balaban J connectivity index is 1.55. The molecule has 0 aliphatic carbocycles. The van der Waals surface area contributed by atoms with Crippen LogP contribution >= 0.6 is 0 Å². The summed E-state index contributed by atoms with van der Waals surface area (Å²) in [7, 11) is 0. The average Bonchev–Trinajstić information content (AvgIpc) is 3.36. The number of carbonyl (C=O) groups excluding carboxylic acids is 2. The maximum absolute atomic E-state index is 12.7. The summed E-state index contributed by atoms with van der Waals surface area (Å²) in [5.74, 6) is 1.06. The van der Waals surface area contributed by atoms with Crippen molar-refractivity contribution in [2.24, 2.45) is 5.92 Å². The second kappa shape index (κ2) is 9.21. The van der Waals surface area contributed by atoms with Gasteiger partial charge >= 0.3 is 0 Å². The summed E-state index contributed by atoms with van der Waals surface area (Å²) in [6, 6.07) is 3.98. The van der Waals surface area contributed by atoms with E-state index >= 15 is 0 Å². The molecule has 0 bridgehead atoms. The van der Waals surface area contributed by atoms with Crippen molar-refractivity contribution >= 4 is 11.8 Å². The largest absolute Gasteiger partial charge is 0.468 e. The SMILES string of the molecule is CCCC(=O)N1CCCC(C(=O)NCC(c2ccco2)N2CCCC2)C1. The zero-order chi connectivity index (χ0) is 18.4. The Bertz CT molecular complexity index is 581. The van der Waals surface area contributed by atoms with Crippen LogP contribution in [0.5, 0.6) is 0 Å². The minimum Gasteiger partial charge on any atom is -0.468 e. The van der Waals surface area contributed by atoms with Gasteiger partial charge in [0.15, 0.2) is 0 Å². The second-order valence-corrected chi connectivity index (χ2v) is 7.45. The van der Waals surface area contributed by atoms with E-state index in [1.807, 2.05) is 24.0 Å². The summed E-state index contributed by atoms with van der Waals surface area (Å²) in [5, 5.41) is 3.13. The molecule has 2 atom stereocenters. The Morgan fingerprint density at radius 2 is 2.08 bits per heavy atom. The van der Waals surface area contributed by atoms with Crippen molar-refractivity contribution in [1.29, 1.82) is 0 Å². The number of carbonyl (C=O) groups is 2. The van der Waals surface area contributed by atoms with Crippen molar-refractivity contribution in [3.05, 3.63) is 24.2 Å². The number of hydrogen-bond donors (Lipinski definition) is 1. The fourth-order valence-corrected chi connectivity index (χ4v) is 4.08. The minimum absolute atomic E-state index is 0.0646. The number of hydrogen-bond acceptors (Lipinski definition) is 4. The van der Waals surface area contributed by atoms with Gasteiger partial charge in [-0.15, -0.1) is 0 Å². The van der Waals surface area contributed by atoms with Gasteiger partial charge in [0, 0.05) is 26.1 Å². The summed E-state index contributed by atoms with van der Waals surface area (Å²) in [4.78, 5) is 29.1. The summed E-state index contributed by atoms with van der Waals surface area (Å²) in [6.07, 6.45) is 7.28. The van der Waals surface area contributed by atoms with Crippen LogP contribution in [0.3, 0.4) is 0 Å². The summed E-state index contributed by atoms with van der Waals surface area (Å²) < 4.78 is 5.62. The first-order valence-corrected chi connectivity index (χ1v) is 10.0. The highest BCUT2D eigenvalue weighted by atomic mass is 16.3. The highest BCUT2D eigenvalue weighted by Gasteiger charge is 2.30. The van der Waals surface area contributed by atoms with E-state index in [0.717, 1.165) is 44.7 Å². The van der Waals surface area contributed by atoms with Gasteiger partial charge in [-0.3, -0.25) is 14.5 Å². The zero-order valence-corrected chi connectivity index (χ0v) is 15.8. The molecule has 0 spiro atoms. The van der Waals surface area contributed by atoms with Crippen LogP contribution < -0.4 is 5.32 Å². The molecule has 3 heterocycles. The van der Waals surface area contributed by atoms with Crippen molar-refractivity contribution in [3.63, 3.8) is 0 Å². The summed E-state index contributed by atoms with van der Waals surface area (Å²) >= 11 is 0. The molecule has 1 N–H and O–H groups in total. The first kappa shape index (κ1) is 19.0. The van der Waals surface area contributed by atoms with Gasteiger partial charge in [0.25, 0.3) is 0 Å². The lowest BCUT2D eigenvalue weighted by Gasteiger charge is -2.33. The standard InChI is InChI=1S/C20H31N3O3/c1-2-7-19(24)23-12-5-8-16(15-23)20(25)21-14-17(18-9-6-13-26-18)22-10-3-4-11-22/h6,9,13,16-17H,2-5,7-8,10-12,14-15H2,1H3,(H,21,25). The number of piperidine rings is 1. The first-order valence-electron chi connectivity index (χ1n) is 10.0. The molecule has 0 aromatic carbocycles. The topological polar surface area (TPSA) is 65.8 Å². The smallest absolute Gasteiger partial charge is 0.224 e. The normalized spacial score (nSPS) is 22.3. The number of rotatable bonds is 7. The Hall–Kier alpha value is -1.82. The maximum Gasteiger partial charge on any atom is 0.224 e. The van der Waals surface area contributed by atoms with Gasteiger partial charge in [-0.2, -0.15) is 0 Å². The molecule has 2 amide bonds. The molecule has 2 saturated heterocycles. The van der Waals surface area contributed by atoms with Crippen molar-refractivity contribution in [1.82, 2.24) is 15.1 Å². The van der Waals surface area contributed by atoms with Crippen LogP contribution in [0.15, 0.2) is 22.8 Å². The highest BCUT2D eigenvalue weighted by Crippen LogP contribution is 2.25. The van der Waals surface area contributed by atoms with E-state index in [1.54, 1.807) is 6.26 Å². The van der Waals surface area contributed by atoms with E-state index in [0.29, 0.717) is 19.5 Å². The third kappa shape index (κ3) is 4.67. The minimum atomic E-state index is -0.0969. The van der Waals surface area contributed by atoms with E-state index in [1.165, 1.54) is 12.8 Å². The quantitative estimate of drug-likeness (QED) is 0.811. The number of nitrogens with zero attached hydrogens (tertiary/aromatic N) is 2. The van der Waals surface area contributed by atoms with E-state index in [-0.39, 0.29) is 23.8 Å². The molecule has 0 radical (unpaired) electrons. The van der Waals surface area contributed by atoms with Crippen molar-refractivity contribution < 1.29 is 14.0 Å². The molecule has 26 heavy (non-hydrogen) atoms. The lowest BCUT2D eigenvalue weighted by molar-refractivity contribution is -0.135. The molecule has 6 nitrogen and oxygen atoms in total. The van der Waals surface area contributed by atoms with E-state index in [2.05, 4.69) is 10.2 Å². The molecular weight excluding hydrogens is 330 g/mol. The van der Waals surface area contributed by atoms with Crippen LogP contribution in [0.4, 0.5) is 0 Å². The van der Waals surface area contributed by atoms with Gasteiger partial charge < -0.3 is 14.6 Å². The maximum atomic E-state index is 12.7. The summed E-state index contributed by atoms with van der Waals surface area (Å²) in [6.45, 7) is 6.00. The van der Waals surface area contributed by atoms with Crippen molar-refractivity contribution in [2.75, 3.05) is 32.7 Å². The van der Waals surface area contributed by atoms with Gasteiger partial charge in [0.05, 0.1) is 18.2 Å².